The number of aryl methyl sites for hydroxylation is 1. The number of carbonyl (C=O) groups excluding carboxylic acids is 1. The first-order valence-corrected chi connectivity index (χ1v) is 10.3. The van der Waals surface area contributed by atoms with Gasteiger partial charge in [-0.25, -0.2) is 9.78 Å². The molecule has 2 amide bonds. The molecule has 0 aliphatic rings. The number of benzene rings is 2. The standard InChI is InChI=1S/C23H16F6N6O2/c1-35-12-13(11-31-35)20-30-6-5-19(34-20)37-18-4-2-3-16(10-18)32-21(36)33-17-8-14(22(24,25)26)7-15(9-17)23(27,28)29/h2-12H,1H3,(H2,32,33,36). The third-order valence-corrected chi connectivity index (χ3v) is 4.75. The minimum Gasteiger partial charge on any atom is -0.439 e. The van der Waals surface area contributed by atoms with E-state index >= 15 is 0 Å². The number of anilines is 2. The van der Waals surface area contributed by atoms with E-state index in [0.29, 0.717) is 23.5 Å². The molecular weight excluding hydrogens is 506 g/mol. The number of amides is 2. The molecule has 14 heteroatoms. The monoisotopic (exact) mass is 522 g/mol. The van der Waals surface area contributed by atoms with Crippen molar-refractivity contribution in [3.05, 3.63) is 78.2 Å². The fourth-order valence-electron chi connectivity index (χ4n) is 3.15. The molecule has 192 valence electrons. The Labute approximate surface area is 204 Å². The lowest BCUT2D eigenvalue weighted by atomic mass is 10.1. The number of nitrogens with zero attached hydrogens (tertiary/aromatic N) is 4. The Morgan fingerprint density at radius 2 is 1.59 bits per heavy atom. The number of hydrogen-bond donors (Lipinski definition) is 2. The van der Waals surface area contributed by atoms with Gasteiger partial charge in [0.15, 0.2) is 5.82 Å². The first-order chi connectivity index (χ1) is 17.4. The molecule has 0 fully saturated rings. The van der Waals surface area contributed by atoms with Crippen molar-refractivity contribution < 1.29 is 35.9 Å². The quantitative estimate of drug-likeness (QED) is 0.298. The molecule has 0 saturated heterocycles. The molecule has 4 aromatic rings. The van der Waals surface area contributed by atoms with Crippen molar-refractivity contribution in [2.45, 2.75) is 12.4 Å². The normalized spacial score (nSPS) is 11.8. The van der Waals surface area contributed by atoms with E-state index in [0.717, 1.165) is 0 Å². The van der Waals surface area contributed by atoms with E-state index in [1.807, 2.05) is 5.32 Å². The SMILES string of the molecule is Cn1cc(-c2nccc(Oc3cccc(NC(=O)Nc4cc(C(F)(F)F)cc(C(F)(F)F)c4)c3)n2)cn1. The van der Waals surface area contributed by atoms with Gasteiger partial charge in [0, 0.05) is 42.9 Å². The molecule has 2 aromatic heterocycles. The summed E-state index contributed by atoms with van der Waals surface area (Å²) in [5.41, 5.74) is -2.98. The largest absolute Gasteiger partial charge is 0.439 e. The molecule has 0 atom stereocenters. The van der Waals surface area contributed by atoms with Crippen LogP contribution in [0.15, 0.2) is 67.1 Å². The highest BCUT2D eigenvalue weighted by molar-refractivity contribution is 6.00. The molecule has 0 saturated carbocycles. The minimum absolute atomic E-state index is 0.0310. The van der Waals surface area contributed by atoms with Gasteiger partial charge in [0.05, 0.1) is 22.9 Å². The smallest absolute Gasteiger partial charge is 0.416 e. The van der Waals surface area contributed by atoms with Gasteiger partial charge in [0.1, 0.15) is 5.75 Å². The van der Waals surface area contributed by atoms with E-state index in [-0.39, 0.29) is 23.4 Å². The molecule has 8 nitrogen and oxygen atoms in total. The van der Waals surface area contributed by atoms with Gasteiger partial charge in [-0.15, -0.1) is 0 Å². The van der Waals surface area contributed by atoms with E-state index < -0.39 is 35.2 Å². The maximum Gasteiger partial charge on any atom is 0.416 e. The van der Waals surface area contributed by atoms with E-state index in [9.17, 15) is 31.1 Å². The van der Waals surface area contributed by atoms with Gasteiger partial charge in [0.25, 0.3) is 0 Å². The summed E-state index contributed by atoms with van der Waals surface area (Å²) in [6.45, 7) is 0. The highest BCUT2D eigenvalue weighted by Crippen LogP contribution is 2.37. The topological polar surface area (TPSA) is 94.0 Å². The van der Waals surface area contributed by atoms with Crippen molar-refractivity contribution in [2.75, 3.05) is 10.6 Å². The third kappa shape index (κ3) is 6.54. The Kier molecular flexibility index (Phi) is 6.74. The zero-order chi connectivity index (χ0) is 26.8. The summed E-state index contributed by atoms with van der Waals surface area (Å²) < 4.78 is 85.5. The Hall–Kier alpha value is -4.62. The summed E-state index contributed by atoms with van der Waals surface area (Å²) in [6.07, 6.45) is -5.32. The number of hydrogen-bond acceptors (Lipinski definition) is 5. The molecule has 0 aliphatic heterocycles. The molecule has 0 unspecified atom stereocenters. The van der Waals surface area contributed by atoms with Crippen LogP contribution in [0.4, 0.5) is 42.5 Å². The third-order valence-electron chi connectivity index (χ3n) is 4.75. The number of urea groups is 1. The molecule has 4 rings (SSSR count). The van der Waals surface area contributed by atoms with Crippen LogP contribution in [0.25, 0.3) is 11.4 Å². The molecule has 2 heterocycles. The van der Waals surface area contributed by atoms with Gasteiger partial charge >= 0.3 is 18.4 Å². The summed E-state index contributed by atoms with van der Waals surface area (Å²) in [6, 6.07) is 7.12. The highest BCUT2D eigenvalue weighted by atomic mass is 19.4. The predicted octanol–water partition coefficient (Wildman–Crippen LogP) is 6.35. The first kappa shape index (κ1) is 25.5. The van der Waals surface area contributed by atoms with Crippen molar-refractivity contribution in [3.8, 4) is 23.0 Å². The maximum atomic E-state index is 13.0. The molecule has 0 aliphatic carbocycles. The second-order valence-corrected chi connectivity index (χ2v) is 7.62. The van der Waals surface area contributed by atoms with Crippen LogP contribution in [0.1, 0.15) is 11.1 Å². The van der Waals surface area contributed by atoms with Crippen LogP contribution in [0.2, 0.25) is 0 Å². The summed E-state index contributed by atoms with van der Waals surface area (Å²) in [7, 11) is 1.74. The second kappa shape index (κ2) is 9.79. The minimum atomic E-state index is -5.04. The maximum absolute atomic E-state index is 13.0. The Morgan fingerprint density at radius 1 is 0.919 bits per heavy atom. The van der Waals surface area contributed by atoms with E-state index in [1.165, 1.54) is 30.5 Å². The zero-order valence-corrected chi connectivity index (χ0v) is 18.7. The number of halogens is 6. The number of aromatic nitrogens is 4. The van der Waals surface area contributed by atoms with Crippen LogP contribution in [-0.4, -0.2) is 25.8 Å². The Balaban J connectivity index is 1.48. The van der Waals surface area contributed by atoms with Gasteiger partial charge in [-0.3, -0.25) is 4.68 Å². The lowest BCUT2D eigenvalue weighted by Gasteiger charge is -2.15. The predicted molar refractivity (Wildman–Crippen MR) is 120 cm³/mol. The van der Waals surface area contributed by atoms with Crippen molar-refractivity contribution in [1.82, 2.24) is 19.7 Å². The number of nitrogens with one attached hydrogen (secondary N) is 2. The molecule has 37 heavy (non-hydrogen) atoms. The summed E-state index contributed by atoms with van der Waals surface area (Å²) in [5.74, 6) is 0.782. The van der Waals surface area contributed by atoms with E-state index in [4.69, 9.17) is 4.74 Å². The number of alkyl halides is 6. The summed E-state index contributed by atoms with van der Waals surface area (Å²) in [4.78, 5) is 20.8. The highest BCUT2D eigenvalue weighted by Gasteiger charge is 2.37. The van der Waals surface area contributed by atoms with Gasteiger partial charge in [0.2, 0.25) is 5.88 Å². The Morgan fingerprint density at radius 3 is 2.22 bits per heavy atom. The van der Waals surface area contributed by atoms with Crippen molar-refractivity contribution >= 4 is 17.4 Å². The van der Waals surface area contributed by atoms with E-state index in [1.54, 1.807) is 30.2 Å². The van der Waals surface area contributed by atoms with Crippen molar-refractivity contribution in [1.29, 1.82) is 0 Å². The van der Waals surface area contributed by atoms with E-state index in [2.05, 4.69) is 20.4 Å². The van der Waals surface area contributed by atoms with Crippen LogP contribution < -0.4 is 15.4 Å². The second-order valence-electron chi connectivity index (χ2n) is 7.62. The lowest BCUT2D eigenvalue weighted by molar-refractivity contribution is -0.143. The lowest BCUT2D eigenvalue weighted by Crippen LogP contribution is -2.20. The van der Waals surface area contributed by atoms with Gasteiger partial charge in [-0.05, 0) is 30.3 Å². The van der Waals surface area contributed by atoms with Gasteiger partial charge in [-0.2, -0.15) is 36.4 Å². The van der Waals surface area contributed by atoms with Crippen LogP contribution in [0.5, 0.6) is 11.6 Å². The summed E-state index contributed by atoms with van der Waals surface area (Å²) >= 11 is 0. The number of carbonyl (C=O) groups is 1. The Bertz CT molecular complexity index is 1400. The first-order valence-electron chi connectivity index (χ1n) is 10.3. The molecule has 0 bridgehead atoms. The summed E-state index contributed by atoms with van der Waals surface area (Å²) in [5, 5.41) is 8.38. The zero-order valence-electron chi connectivity index (χ0n) is 18.7. The van der Waals surface area contributed by atoms with Crippen LogP contribution >= 0.6 is 0 Å². The van der Waals surface area contributed by atoms with Crippen LogP contribution in [0, 0.1) is 0 Å². The van der Waals surface area contributed by atoms with Crippen molar-refractivity contribution in [2.24, 2.45) is 7.05 Å². The fraction of sp³-hybridized carbons (Fsp3) is 0.130. The molecule has 0 radical (unpaired) electrons. The molecule has 2 aromatic carbocycles. The van der Waals surface area contributed by atoms with Gasteiger partial charge < -0.3 is 15.4 Å². The number of rotatable bonds is 5. The number of ether oxygens (including phenoxy) is 1. The van der Waals surface area contributed by atoms with Crippen LogP contribution in [-0.2, 0) is 19.4 Å². The average Bonchev–Trinajstić information content (AvgIpc) is 3.24. The molecule has 2 N–H and O–H groups in total. The molecule has 0 spiro atoms. The fourth-order valence-corrected chi connectivity index (χ4v) is 3.15. The van der Waals surface area contributed by atoms with Crippen molar-refractivity contribution in [3.63, 3.8) is 0 Å². The van der Waals surface area contributed by atoms with Gasteiger partial charge in [-0.1, -0.05) is 6.07 Å². The van der Waals surface area contributed by atoms with Crippen LogP contribution in [0.3, 0.4) is 0 Å². The molecular formula is C23H16F6N6O2. The average molecular weight is 522 g/mol.